The molecule has 2 heterocycles. The number of rotatable bonds is 5. The highest BCUT2D eigenvalue weighted by atomic mass is 32.1. The zero-order chi connectivity index (χ0) is 14.5. The summed E-state index contributed by atoms with van der Waals surface area (Å²) >= 11 is 4.92. The first kappa shape index (κ1) is 14.3. The van der Waals surface area contributed by atoms with Gasteiger partial charge in [0.15, 0.2) is 0 Å². The molecule has 2 N–H and O–H groups in total. The molecule has 0 aromatic carbocycles. The van der Waals surface area contributed by atoms with Gasteiger partial charge in [0.2, 0.25) is 0 Å². The van der Waals surface area contributed by atoms with Crippen LogP contribution in [0.4, 0.5) is 0 Å². The number of methoxy groups -OCH3 is 1. The minimum absolute atomic E-state index is 0.0424. The molecule has 0 spiro atoms. The summed E-state index contributed by atoms with van der Waals surface area (Å²) in [6, 6.07) is 7.01. The summed E-state index contributed by atoms with van der Waals surface area (Å²) in [6.07, 6.45) is 1.65. The molecule has 0 bridgehead atoms. The first-order valence-corrected chi connectivity index (χ1v) is 6.36. The molecule has 0 radical (unpaired) electrons. The van der Waals surface area contributed by atoms with Gasteiger partial charge in [-0.25, -0.2) is 4.68 Å². The van der Waals surface area contributed by atoms with Crippen LogP contribution in [0.1, 0.15) is 5.56 Å². The molecule has 20 heavy (non-hydrogen) atoms. The lowest BCUT2D eigenvalue weighted by Gasteiger charge is -2.09. The molecule has 2 aromatic heterocycles. The Kier molecular flexibility index (Phi) is 4.54. The van der Waals surface area contributed by atoms with Gasteiger partial charge in [0.05, 0.1) is 24.4 Å². The molecule has 6 nitrogen and oxygen atoms in total. The van der Waals surface area contributed by atoms with Gasteiger partial charge in [0.1, 0.15) is 10.7 Å². The lowest BCUT2D eigenvalue weighted by atomic mass is 10.2. The number of nitrogens with two attached hydrogens (primary N) is 1. The number of aromatic nitrogens is 3. The minimum atomic E-state index is -0.325. The van der Waals surface area contributed by atoms with Crippen LogP contribution in [0, 0.1) is 0 Å². The lowest BCUT2D eigenvalue weighted by Crippen LogP contribution is -2.32. The van der Waals surface area contributed by atoms with Gasteiger partial charge in [0, 0.05) is 13.3 Å². The molecule has 2 aromatic rings. The standard InChI is InChI=1S/C13H14N4O2S/c1-19-7-6-17-13(18)9(12(14)20)8-11(16-17)10-4-2-3-5-15-10/h2-5,8H,6-7H2,1H3,(H2,14,20). The number of hydrogen-bond acceptors (Lipinski definition) is 5. The normalized spacial score (nSPS) is 10.4. The van der Waals surface area contributed by atoms with Crippen LogP contribution in [0.5, 0.6) is 0 Å². The first-order chi connectivity index (χ1) is 9.63. The molecule has 0 saturated carbocycles. The van der Waals surface area contributed by atoms with Crippen molar-refractivity contribution in [3.05, 3.63) is 46.4 Å². The quantitative estimate of drug-likeness (QED) is 0.811. The van der Waals surface area contributed by atoms with E-state index in [2.05, 4.69) is 10.1 Å². The highest BCUT2D eigenvalue weighted by Gasteiger charge is 2.12. The number of hydrogen-bond donors (Lipinski definition) is 1. The van der Waals surface area contributed by atoms with E-state index in [1.807, 2.05) is 6.07 Å². The summed E-state index contributed by atoms with van der Waals surface area (Å²) < 4.78 is 6.26. The van der Waals surface area contributed by atoms with Gasteiger partial charge in [-0.3, -0.25) is 9.78 Å². The summed E-state index contributed by atoms with van der Waals surface area (Å²) in [7, 11) is 1.56. The summed E-state index contributed by atoms with van der Waals surface area (Å²) in [5.74, 6) is 0. The van der Waals surface area contributed by atoms with Crippen LogP contribution in [0.2, 0.25) is 0 Å². The molecule has 2 rings (SSSR count). The highest BCUT2D eigenvalue weighted by Crippen LogP contribution is 2.12. The van der Waals surface area contributed by atoms with E-state index in [1.165, 1.54) is 4.68 Å². The second-order valence-electron chi connectivity index (χ2n) is 4.04. The largest absolute Gasteiger partial charge is 0.389 e. The fourth-order valence-corrected chi connectivity index (χ4v) is 1.83. The molecule has 104 valence electrons. The Morgan fingerprint density at radius 3 is 2.85 bits per heavy atom. The third-order valence-electron chi connectivity index (χ3n) is 2.67. The Bertz CT molecular complexity index is 670. The van der Waals surface area contributed by atoms with Crippen LogP contribution < -0.4 is 11.3 Å². The van der Waals surface area contributed by atoms with Gasteiger partial charge in [0.25, 0.3) is 5.56 Å². The van der Waals surface area contributed by atoms with E-state index in [-0.39, 0.29) is 16.1 Å². The predicted octanol–water partition coefficient (Wildman–Crippen LogP) is 0.586. The second kappa shape index (κ2) is 6.36. The summed E-state index contributed by atoms with van der Waals surface area (Å²) in [4.78, 5) is 16.4. The van der Waals surface area contributed by atoms with Crippen LogP contribution in [-0.2, 0) is 11.3 Å². The molecule has 0 aliphatic rings. The molecule has 0 unspecified atom stereocenters. The molecular weight excluding hydrogens is 276 g/mol. The SMILES string of the molecule is COCCn1nc(-c2ccccn2)cc(C(N)=S)c1=O. The number of ether oxygens (including phenoxy) is 1. The smallest absolute Gasteiger partial charge is 0.277 e. The molecular formula is C13H14N4O2S. The topological polar surface area (TPSA) is 83.0 Å². The van der Waals surface area contributed by atoms with E-state index in [4.69, 9.17) is 22.7 Å². The average molecular weight is 290 g/mol. The molecule has 7 heteroatoms. The van der Waals surface area contributed by atoms with Crippen LogP contribution in [0.25, 0.3) is 11.4 Å². The lowest BCUT2D eigenvalue weighted by molar-refractivity contribution is 0.182. The van der Waals surface area contributed by atoms with Gasteiger partial charge in [-0.1, -0.05) is 18.3 Å². The zero-order valence-electron chi connectivity index (χ0n) is 10.9. The maximum absolute atomic E-state index is 12.2. The van der Waals surface area contributed by atoms with Crippen molar-refractivity contribution in [3.63, 3.8) is 0 Å². The average Bonchev–Trinajstić information content (AvgIpc) is 2.46. The third kappa shape index (κ3) is 3.06. The molecule has 0 atom stereocenters. The van der Waals surface area contributed by atoms with Gasteiger partial charge in [-0.2, -0.15) is 5.10 Å². The van der Waals surface area contributed by atoms with Crippen molar-refractivity contribution in [2.45, 2.75) is 6.54 Å². The Labute approximate surface area is 121 Å². The van der Waals surface area contributed by atoms with Crippen molar-refractivity contribution in [1.29, 1.82) is 0 Å². The van der Waals surface area contributed by atoms with E-state index in [1.54, 1.807) is 31.5 Å². The number of pyridine rings is 1. The van der Waals surface area contributed by atoms with Crippen molar-refractivity contribution < 1.29 is 4.74 Å². The Morgan fingerprint density at radius 2 is 2.25 bits per heavy atom. The number of thiocarbonyl (C=S) groups is 1. The zero-order valence-corrected chi connectivity index (χ0v) is 11.8. The van der Waals surface area contributed by atoms with Crippen LogP contribution in [0.15, 0.2) is 35.3 Å². The molecule has 0 amide bonds. The van der Waals surface area contributed by atoms with Crippen molar-refractivity contribution in [2.75, 3.05) is 13.7 Å². The number of nitrogens with zero attached hydrogens (tertiary/aromatic N) is 3. The maximum atomic E-state index is 12.2. The van der Waals surface area contributed by atoms with Gasteiger partial charge < -0.3 is 10.5 Å². The van der Waals surface area contributed by atoms with Crippen molar-refractivity contribution in [2.24, 2.45) is 5.73 Å². The van der Waals surface area contributed by atoms with E-state index < -0.39 is 0 Å². The second-order valence-corrected chi connectivity index (χ2v) is 4.48. The van der Waals surface area contributed by atoms with Gasteiger partial charge in [-0.05, 0) is 18.2 Å². The molecule has 0 aliphatic heterocycles. The van der Waals surface area contributed by atoms with E-state index in [9.17, 15) is 4.79 Å². The summed E-state index contributed by atoms with van der Waals surface area (Å²) in [5, 5.41) is 4.27. The van der Waals surface area contributed by atoms with Crippen LogP contribution >= 0.6 is 12.2 Å². The summed E-state index contributed by atoms with van der Waals surface area (Å²) in [5.41, 5.74) is 6.72. The monoisotopic (exact) mass is 290 g/mol. The van der Waals surface area contributed by atoms with Crippen LogP contribution in [0.3, 0.4) is 0 Å². The van der Waals surface area contributed by atoms with Crippen molar-refractivity contribution in [3.8, 4) is 11.4 Å². The van der Waals surface area contributed by atoms with E-state index >= 15 is 0 Å². The predicted molar refractivity (Wildman–Crippen MR) is 79.5 cm³/mol. The molecule has 0 saturated heterocycles. The Hall–Kier alpha value is -2.12. The van der Waals surface area contributed by atoms with Crippen LogP contribution in [-0.4, -0.2) is 33.5 Å². The van der Waals surface area contributed by atoms with Crippen molar-refractivity contribution in [1.82, 2.24) is 14.8 Å². The third-order valence-corrected chi connectivity index (χ3v) is 2.89. The van der Waals surface area contributed by atoms with Crippen molar-refractivity contribution >= 4 is 17.2 Å². The Balaban J connectivity index is 2.56. The Morgan fingerprint density at radius 1 is 1.45 bits per heavy atom. The highest BCUT2D eigenvalue weighted by molar-refractivity contribution is 7.80. The van der Waals surface area contributed by atoms with E-state index in [0.29, 0.717) is 24.5 Å². The van der Waals surface area contributed by atoms with Gasteiger partial charge >= 0.3 is 0 Å². The van der Waals surface area contributed by atoms with E-state index in [0.717, 1.165) is 0 Å². The maximum Gasteiger partial charge on any atom is 0.277 e. The summed E-state index contributed by atoms with van der Waals surface area (Å²) in [6.45, 7) is 0.695. The fraction of sp³-hybridized carbons (Fsp3) is 0.231. The fourth-order valence-electron chi connectivity index (χ4n) is 1.69. The molecule has 0 fully saturated rings. The molecule has 0 aliphatic carbocycles. The minimum Gasteiger partial charge on any atom is -0.389 e. The van der Waals surface area contributed by atoms with Gasteiger partial charge in [-0.15, -0.1) is 0 Å². The first-order valence-electron chi connectivity index (χ1n) is 5.96.